The van der Waals surface area contributed by atoms with Crippen LogP contribution in [0.2, 0.25) is 0 Å². The molecule has 128 valence electrons. The Morgan fingerprint density at radius 3 is 2.88 bits per heavy atom. The first-order valence-corrected chi connectivity index (χ1v) is 9.52. The van der Waals surface area contributed by atoms with Crippen LogP contribution in [0.4, 0.5) is 0 Å². The molecule has 1 unspecified atom stereocenters. The molecule has 0 fully saturated rings. The summed E-state index contributed by atoms with van der Waals surface area (Å²) >= 11 is 7.07. The Labute approximate surface area is 150 Å². The number of fused-ring (bicyclic) bond motifs is 1. The fourth-order valence-corrected chi connectivity index (χ4v) is 4.53. The summed E-state index contributed by atoms with van der Waals surface area (Å²) in [6.07, 6.45) is 3.18. The second-order valence-electron chi connectivity index (χ2n) is 6.32. The SMILES string of the molecule is CC1=C(N(Cn2c(=O)sc3ccccc32)C(=O)CCl)C(C)CCC1. The van der Waals surface area contributed by atoms with E-state index < -0.39 is 0 Å². The Balaban J connectivity index is 2.06. The van der Waals surface area contributed by atoms with Gasteiger partial charge in [0.25, 0.3) is 0 Å². The van der Waals surface area contributed by atoms with Crippen LogP contribution in [-0.2, 0) is 11.5 Å². The zero-order chi connectivity index (χ0) is 17.3. The molecule has 0 saturated carbocycles. The van der Waals surface area contributed by atoms with Crippen LogP contribution in [0, 0.1) is 5.92 Å². The van der Waals surface area contributed by atoms with E-state index >= 15 is 0 Å². The maximum Gasteiger partial charge on any atom is 0.309 e. The van der Waals surface area contributed by atoms with Crippen molar-refractivity contribution in [2.75, 3.05) is 5.88 Å². The van der Waals surface area contributed by atoms with Gasteiger partial charge >= 0.3 is 4.87 Å². The van der Waals surface area contributed by atoms with E-state index in [4.69, 9.17) is 11.6 Å². The van der Waals surface area contributed by atoms with E-state index in [1.54, 1.807) is 9.47 Å². The number of nitrogens with zero attached hydrogens (tertiary/aromatic N) is 2. The van der Waals surface area contributed by atoms with Gasteiger partial charge in [0, 0.05) is 5.70 Å². The second-order valence-corrected chi connectivity index (χ2v) is 7.58. The van der Waals surface area contributed by atoms with Crippen molar-refractivity contribution in [3.63, 3.8) is 0 Å². The van der Waals surface area contributed by atoms with E-state index in [9.17, 15) is 9.59 Å². The molecule has 1 atom stereocenters. The van der Waals surface area contributed by atoms with E-state index in [0.29, 0.717) is 5.92 Å². The topological polar surface area (TPSA) is 42.3 Å². The number of halogens is 1. The van der Waals surface area contributed by atoms with Gasteiger partial charge in [0.1, 0.15) is 12.5 Å². The normalized spacial score (nSPS) is 18.2. The molecule has 0 spiro atoms. The summed E-state index contributed by atoms with van der Waals surface area (Å²) in [4.78, 5) is 26.6. The number of benzene rings is 1. The van der Waals surface area contributed by atoms with Crippen LogP contribution in [0.3, 0.4) is 0 Å². The number of hydrogen-bond donors (Lipinski definition) is 0. The number of carbonyl (C=O) groups excluding carboxylic acids is 1. The minimum Gasteiger partial charge on any atom is -0.296 e. The first kappa shape index (κ1) is 17.2. The Kier molecular flexibility index (Phi) is 5.11. The molecule has 1 aliphatic rings. The fourth-order valence-electron chi connectivity index (χ4n) is 3.51. The minimum atomic E-state index is -0.151. The predicted molar refractivity (Wildman–Crippen MR) is 99.4 cm³/mol. The second kappa shape index (κ2) is 7.11. The van der Waals surface area contributed by atoms with Crippen LogP contribution in [0.5, 0.6) is 0 Å². The van der Waals surface area contributed by atoms with Gasteiger partial charge < -0.3 is 0 Å². The van der Waals surface area contributed by atoms with Crippen molar-refractivity contribution in [2.45, 2.75) is 39.8 Å². The number of amides is 1. The van der Waals surface area contributed by atoms with Crippen LogP contribution < -0.4 is 4.87 Å². The minimum absolute atomic E-state index is 0.0507. The molecule has 1 amide bonds. The number of rotatable bonds is 4. The molecule has 1 aromatic carbocycles. The summed E-state index contributed by atoms with van der Waals surface area (Å²) in [6, 6.07) is 7.67. The van der Waals surface area contributed by atoms with Gasteiger partial charge in [-0.15, -0.1) is 11.6 Å². The molecule has 0 bridgehead atoms. The average Bonchev–Trinajstić information content (AvgIpc) is 2.88. The third kappa shape index (κ3) is 3.15. The number of thiazole rings is 1. The summed E-state index contributed by atoms with van der Waals surface area (Å²) in [7, 11) is 0. The lowest BCUT2D eigenvalue weighted by Gasteiger charge is -2.34. The van der Waals surface area contributed by atoms with Gasteiger partial charge in [0.15, 0.2) is 0 Å². The molecule has 24 heavy (non-hydrogen) atoms. The number of alkyl halides is 1. The van der Waals surface area contributed by atoms with Crippen LogP contribution in [0.15, 0.2) is 40.3 Å². The number of carbonyl (C=O) groups is 1. The standard InChI is InChI=1S/C18H21ClN2O2S/c1-12-6-5-7-13(2)17(12)21(16(22)10-19)11-20-14-8-3-4-9-15(14)24-18(20)23/h3-4,8-9,12H,5-7,10-11H2,1-2H3. The summed E-state index contributed by atoms with van der Waals surface area (Å²) in [5.74, 6) is 0.0637. The summed E-state index contributed by atoms with van der Waals surface area (Å²) < 4.78 is 2.61. The molecule has 0 radical (unpaired) electrons. The summed E-state index contributed by atoms with van der Waals surface area (Å²) in [6.45, 7) is 4.44. The molecular weight excluding hydrogens is 344 g/mol. The lowest BCUT2D eigenvalue weighted by atomic mass is 9.88. The van der Waals surface area contributed by atoms with Crippen LogP contribution in [-0.4, -0.2) is 21.3 Å². The highest BCUT2D eigenvalue weighted by molar-refractivity contribution is 7.16. The van der Waals surface area contributed by atoms with Crippen LogP contribution >= 0.6 is 22.9 Å². The summed E-state index contributed by atoms with van der Waals surface area (Å²) in [5, 5.41) is 0. The monoisotopic (exact) mass is 364 g/mol. The average molecular weight is 365 g/mol. The zero-order valence-electron chi connectivity index (χ0n) is 13.9. The molecule has 1 aromatic heterocycles. The van der Waals surface area contributed by atoms with Crippen LogP contribution in [0.1, 0.15) is 33.1 Å². The Morgan fingerprint density at radius 2 is 2.17 bits per heavy atom. The summed E-state index contributed by atoms with van der Waals surface area (Å²) in [5.41, 5.74) is 3.12. The Hall–Kier alpha value is -1.59. The van der Waals surface area contributed by atoms with E-state index in [1.165, 1.54) is 16.9 Å². The van der Waals surface area contributed by atoms with Crippen LogP contribution in [0.25, 0.3) is 10.2 Å². The quantitative estimate of drug-likeness (QED) is 0.763. The largest absolute Gasteiger partial charge is 0.309 e. The van der Waals surface area contributed by atoms with Crippen molar-refractivity contribution in [1.29, 1.82) is 0 Å². The highest BCUT2D eigenvalue weighted by Gasteiger charge is 2.27. The molecule has 3 rings (SSSR count). The molecule has 1 heterocycles. The molecular formula is C18H21ClN2O2S. The number of aromatic nitrogens is 1. The van der Waals surface area contributed by atoms with Gasteiger partial charge in [0.2, 0.25) is 5.91 Å². The van der Waals surface area contributed by atoms with E-state index in [2.05, 4.69) is 13.8 Å². The first-order chi connectivity index (χ1) is 11.5. The van der Waals surface area contributed by atoms with Crippen molar-refractivity contribution in [1.82, 2.24) is 9.47 Å². The van der Waals surface area contributed by atoms with Crippen molar-refractivity contribution < 1.29 is 4.79 Å². The van der Waals surface area contributed by atoms with Gasteiger partial charge in [-0.1, -0.05) is 36.0 Å². The molecule has 1 aliphatic carbocycles. The van der Waals surface area contributed by atoms with Gasteiger partial charge in [-0.3, -0.25) is 19.1 Å². The van der Waals surface area contributed by atoms with E-state index in [0.717, 1.165) is 35.2 Å². The third-order valence-corrected chi connectivity index (χ3v) is 5.84. The van der Waals surface area contributed by atoms with Gasteiger partial charge in [-0.05, 0) is 44.2 Å². The van der Waals surface area contributed by atoms with Crippen molar-refractivity contribution in [3.8, 4) is 0 Å². The molecule has 0 N–H and O–H groups in total. The molecule has 0 aliphatic heterocycles. The van der Waals surface area contributed by atoms with Gasteiger partial charge in [-0.25, -0.2) is 0 Å². The molecule has 4 nitrogen and oxygen atoms in total. The highest BCUT2D eigenvalue weighted by Crippen LogP contribution is 2.33. The van der Waals surface area contributed by atoms with E-state index in [-0.39, 0.29) is 23.3 Å². The predicted octanol–water partition coefficient (Wildman–Crippen LogP) is 4.18. The Bertz CT molecular complexity index is 852. The van der Waals surface area contributed by atoms with Crippen molar-refractivity contribution >= 4 is 39.1 Å². The number of allylic oxidation sites excluding steroid dienone is 2. The van der Waals surface area contributed by atoms with E-state index in [1.807, 2.05) is 24.3 Å². The number of hydrogen-bond acceptors (Lipinski definition) is 3. The highest BCUT2D eigenvalue weighted by atomic mass is 35.5. The lowest BCUT2D eigenvalue weighted by Crippen LogP contribution is -2.38. The molecule has 6 heteroatoms. The fraction of sp³-hybridized carbons (Fsp3) is 0.444. The maximum absolute atomic E-state index is 12.5. The van der Waals surface area contributed by atoms with Gasteiger partial charge in [0.05, 0.1) is 10.2 Å². The van der Waals surface area contributed by atoms with Crippen molar-refractivity contribution in [2.24, 2.45) is 5.92 Å². The molecule has 2 aromatic rings. The first-order valence-electron chi connectivity index (χ1n) is 8.17. The number of para-hydroxylation sites is 1. The van der Waals surface area contributed by atoms with Crippen molar-refractivity contribution in [3.05, 3.63) is 45.2 Å². The van der Waals surface area contributed by atoms with Gasteiger partial charge in [-0.2, -0.15) is 0 Å². The maximum atomic E-state index is 12.5. The third-order valence-electron chi connectivity index (χ3n) is 4.66. The Morgan fingerprint density at radius 1 is 1.42 bits per heavy atom. The molecule has 0 saturated heterocycles. The smallest absolute Gasteiger partial charge is 0.296 e. The lowest BCUT2D eigenvalue weighted by molar-refractivity contribution is -0.128. The zero-order valence-corrected chi connectivity index (χ0v) is 15.5.